The van der Waals surface area contributed by atoms with Crippen LogP contribution in [0.2, 0.25) is 0 Å². The van der Waals surface area contributed by atoms with Crippen molar-refractivity contribution in [3.8, 4) is 0 Å². The number of ether oxygens (including phenoxy) is 1. The van der Waals surface area contributed by atoms with Gasteiger partial charge in [-0.2, -0.15) is 0 Å². The van der Waals surface area contributed by atoms with Crippen LogP contribution in [0, 0.1) is 5.92 Å². The van der Waals surface area contributed by atoms with E-state index >= 15 is 0 Å². The topological polar surface area (TPSA) is 48.1 Å². The molecule has 19 heavy (non-hydrogen) atoms. The highest BCUT2D eigenvalue weighted by molar-refractivity contribution is 5.09. The van der Waals surface area contributed by atoms with E-state index in [1.807, 2.05) is 24.4 Å². The number of nitrogens with two attached hydrogens (primary N) is 1. The van der Waals surface area contributed by atoms with E-state index in [1.165, 1.54) is 32.1 Å². The zero-order valence-corrected chi connectivity index (χ0v) is 11.9. The predicted molar refractivity (Wildman–Crippen MR) is 77.8 cm³/mol. The fraction of sp³-hybridized carbons (Fsp3) is 0.688. The SMILES string of the molecule is CCC(N)C(OCC1CCCCC1)c1ccccn1. The number of hydrogen-bond donors (Lipinski definition) is 1. The highest BCUT2D eigenvalue weighted by Crippen LogP contribution is 2.27. The minimum Gasteiger partial charge on any atom is -0.370 e. The molecule has 1 aliphatic rings. The Bertz CT molecular complexity index is 349. The normalized spacial score (nSPS) is 20.1. The summed E-state index contributed by atoms with van der Waals surface area (Å²) >= 11 is 0. The van der Waals surface area contributed by atoms with E-state index in [0.717, 1.165) is 18.7 Å². The van der Waals surface area contributed by atoms with Crippen LogP contribution in [-0.4, -0.2) is 17.6 Å². The Balaban J connectivity index is 1.94. The van der Waals surface area contributed by atoms with E-state index < -0.39 is 0 Å². The average molecular weight is 262 g/mol. The summed E-state index contributed by atoms with van der Waals surface area (Å²) in [6.45, 7) is 2.93. The van der Waals surface area contributed by atoms with Gasteiger partial charge in [0.25, 0.3) is 0 Å². The molecule has 1 aliphatic carbocycles. The van der Waals surface area contributed by atoms with Crippen molar-refractivity contribution in [3.05, 3.63) is 30.1 Å². The van der Waals surface area contributed by atoms with Crippen molar-refractivity contribution in [3.63, 3.8) is 0 Å². The molecule has 1 fully saturated rings. The third kappa shape index (κ3) is 4.29. The molecule has 1 aromatic rings. The fourth-order valence-electron chi connectivity index (χ4n) is 2.78. The maximum atomic E-state index is 6.20. The lowest BCUT2D eigenvalue weighted by molar-refractivity contribution is 0.00206. The van der Waals surface area contributed by atoms with Crippen molar-refractivity contribution in [2.45, 2.75) is 57.6 Å². The molecule has 1 aromatic heterocycles. The molecule has 0 saturated heterocycles. The first kappa shape index (κ1) is 14.5. The number of hydrogen-bond acceptors (Lipinski definition) is 3. The second-order valence-electron chi connectivity index (χ2n) is 5.58. The highest BCUT2D eigenvalue weighted by atomic mass is 16.5. The number of pyridine rings is 1. The van der Waals surface area contributed by atoms with Gasteiger partial charge >= 0.3 is 0 Å². The molecule has 1 saturated carbocycles. The Morgan fingerprint density at radius 1 is 1.32 bits per heavy atom. The summed E-state index contributed by atoms with van der Waals surface area (Å²) in [6.07, 6.45) is 9.35. The van der Waals surface area contributed by atoms with Gasteiger partial charge in [0.2, 0.25) is 0 Å². The first-order valence-corrected chi connectivity index (χ1v) is 7.59. The fourth-order valence-corrected chi connectivity index (χ4v) is 2.78. The lowest BCUT2D eigenvalue weighted by atomic mass is 9.90. The van der Waals surface area contributed by atoms with Crippen LogP contribution in [0.3, 0.4) is 0 Å². The summed E-state index contributed by atoms with van der Waals surface area (Å²) in [5.74, 6) is 0.712. The molecule has 0 spiro atoms. The van der Waals surface area contributed by atoms with Gasteiger partial charge in [0.1, 0.15) is 6.10 Å². The lowest BCUT2D eigenvalue weighted by Gasteiger charge is -2.27. The van der Waals surface area contributed by atoms with Crippen LogP contribution >= 0.6 is 0 Å². The summed E-state index contributed by atoms with van der Waals surface area (Å²) in [5, 5.41) is 0. The highest BCUT2D eigenvalue weighted by Gasteiger charge is 2.22. The predicted octanol–water partition coefficient (Wildman–Crippen LogP) is 3.46. The molecule has 0 amide bonds. The monoisotopic (exact) mass is 262 g/mol. The van der Waals surface area contributed by atoms with Gasteiger partial charge in [-0.1, -0.05) is 32.3 Å². The van der Waals surface area contributed by atoms with Crippen LogP contribution in [0.4, 0.5) is 0 Å². The van der Waals surface area contributed by atoms with E-state index in [1.54, 1.807) is 0 Å². The molecule has 0 aromatic carbocycles. The number of rotatable bonds is 6. The quantitative estimate of drug-likeness (QED) is 0.854. The molecule has 0 bridgehead atoms. The van der Waals surface area contributed by atoms with Gasteiger partial charge in [-0.25, -0.2) is 0 Å². The zero-order chi connectivity index (χ0) is 13.5. The van der Waals surface area contributed by atoms with Gasteiger partial charge in [0.05, 0.1) is 12.3 Å². The maximum Gasteiger partial charge on any atom is 0.114 e. The van der Waals surface area contributed by atoms with E-state index in [9.17, 15) is 0 Å². The molecule has 0 radical (unpaired) electrons. The van der Waals surface area contributed by atoms with Gasteiger partial charge in [0.15, 0.2) is 0 Å². The minimum atomic E-state index is -0.0619. The standard InChI is InChI=1S/C16H26N2O/c1-2-14(17)16(15-10-6-7-11-18-15)19-12-13-8-4-3-5-9-13/h6-7,10-11,13-14,16H,2-5,8-9,12,17H2,1H3. The van der Waals surface area contributed by atoms with Crippen molar-refractivity contribution >= 4 is 0 Å². The van der Waals surface area contributed by atoms with Crippen LogP contribution in [0.5, 0.6) is 0 Å². The molecular weight excluding hydrogens is 236 g/mol. The molecule has 3 heteroatoms. The molecule has 1 heterocycles. The van der Waals surface area contributed by atoms with E-state index in [2.05, 4.69) is 11.9 Å². The van der Waals surface area contributed by atoms with Gasteiger partial charge in [-0.05, 0) is 37.3 Å². The van der Waals surface area contributed by atoms with Crippen molar-refractivity contribution < 1.29 is 4.74 Å². The van der Waals surface area contributed by atoms with Gasteiger partial charge in [0, 0.05) is 12.2 Å². The Morgan fingerprint density at radius 3 is 2.74 bits per heavy atom. The first-order chi connectivity index (χ1) is 9.31. The minimum absolute atomic E-state index is 0.0264. The second kappa shape index (κ2) is 7.61. The number of aromatic nitrogens is 1. The summed E-state index contributed by atoms with van der Waals surface area (Å²) < 4.78 is 6.13. The van der Waals surface area contributed by atoms with Crippen molar-refractivity contribution in [2.24, 2.45) is 11.7 Å². The molecule has 2 unspecified atom stereocenters. The summed E-state index contributed by atoms with van der Waals surface area (Å²) in [7, 11) is 0. The molecule has 106 valence electrons. The average Bonchev–Trinajstić information content (AvgIpc) is 2.49. The van der Waals surface area contributed by atoms with Gasteiger partial charge < -0.3 is 10.5 Å². The van der Waals surface area contributed by atoms with E-state index in [0.29, 0.717) is 5.92 Å². The van der Waals surface area contributed by atoms with Crippen LogP contribution in [0.25, 0.3) is 0 Å². The van der Waals surface area contributed by atoms with Gasteiger partial charge in [-0.3, -0.25) is 4.98 Å². The Kier molecular flexibility index (Phi) is 5.80. The molecule has 2 rings (SSSR count). The smallest absolute Gasteiger partial charge is 0.114 e. The zero-order valence-electron chi connectivity index (χ0n) is 11.9. The Morgan fingerprint density at radius 2 is 2.11 bits per heavy atom. The van der Waals surface area contributed by atoms with Crippen LogP contribution in [0.15, 0.2) is 24.4 Å². The molecule has 0 aliphatic heterocycles. The van der Waals surface area contributed by atoms with E-state index in [-0.39, 0.29) is 12.1 Å². The summed E-state index contributed by atoms with van der Waals surface area (Å²) in [6, 6.07) is 5.97. The third-order valence-corrected chi connectivity index (χ3v) is 4.08. The summed E-state index contributed by atoms with van der Waals surface area (Å²) in [4.78, 5) is 4.41. The largest absolute Gasteiger partial charge is 0.370 e. The van der Waals surface area contributed by atoms with Crippen LogP contribution in [0.1, 0.15) is 57.2 Å². The molecule has 3 nitrogen and oxygen atoms in total. The third-order valence-electron chi connectivity index (χ3n) is 4.08. The summed E-state index contributed by atoms with van der Waals surface area (Å²) in [5.41, 5.74) is 7.17. The number of nitrogens with zero attached hydrogens (tertiary/aromatic N) is 1. The van der Waals surface area contributed by atoms with Crippen LogP contribution in [-0.2, 0) is 4.74 Å². The second-order valence-corrected chi connectivity index (χ2v) is 5.58. The molecule has 2 N–H and O–H groups in total. The Hall–Kier alpha value is -0.930. The Labute approximate surface area is 116 Å². The van der Waals surface area contributed by atoms with E-state index in [4.69, 9.17) is 10.5 Å². The van der Waals surface area contributed by atoms with Crippen LogP contribution < -0.4 is 5.73 Å². The van der Waals surface area contributed by atoms with Crippen molar-refractivity contribution in [2.75, 3.05) is 6.61 Å². The first-order valence-electron chi connectivity index (χ1n) is 7.59. The maximum absolute atomic E-state index is 6.20. The van der Waals surface area contributed by atoms with Crippen molar-refractivity contribution in [1.29, 1.82) is 0 Å². The van der Waals surface area contributed by atoms with Gasteiger partial charge in [-0.15, -0.1) is 0 Å². The molecular formula is C16H26N2O. The lowest BCUT2D eigenvalue weighted by Crippen LogP contribution is -2.31. The van der Waals surface area contributed by atoms with Crippen molar-refractivity contribution in [1.82, 2.24) is 4.98 Å². The molecule has 2 atom stereocenters.